The smallest absolute Gasteiger partial charge is 0.320 e. The average Bonchev–Trinajstić information content (AvgIpc) is 2.86. The Morgan fingerprint density at radius 2 is 2.06 bits per heavy atom. The van der Waals surface area contributed by atoms with E-state index in [0.29, 0.717) is 18.5 Å². The highest BCUT2D eigenvalue weighted by atomic mass is 16.7. The summed E-state index contributed by atoms with van der Waals surface area (Å²) in [5, 5.41) is 11.6. The third-order valence-corrected chi connectivity index (χ3v) is 2.74. The van der Waals surface area contributed by atoms with Crippen molar-refractivity contribution in [1.29, 1.82) is 0 Å². The standard InChI is InChI=1S/C12H14N2O4/c15-11(8-4-2-1-3-5-8)14-18-9-6-10(12(16)17)13-7-9/h1-5,9-10,13H,6-7H2,(H,14,15)(H,16,17)/t9-,10+/m0/s1. The molecule has 18 heavy (non-hydrogen) atoms. The monoisotopic (exact) mass is 250 g/mol. The van der Waals surface area contributed by atoms with Crippen molar-refractivity contribution in [3.63, 3.8) is 0 Å². The first kappa shape index (κ1) is 12.5. The molecule has 0 bridgehead atoms. The predicted molar refractivity (Wildman–Crippen MR) is 62.8 cm³/mol. The number of carboxylic acid groups (broad SMARTS) is 1. The molecule has 1 aromatic rings. The molecule has 1 heterocycles. The molecule has 0 spiro atoms. The molecule has 2 atom stereocenters. The van der Waals surface area contributed by atoms with Crippen LogP contribution in [0.2, 0.25) is 0 Å². The molecule has 1 amide bonds. The molecule has 1 saturated heterocycles. The van der Waals surface area contributed by atoms with Crippen molar-refractivity contribution in [2.45, 2.75) is 18.6 Å². The van der Waals surface area contributed by atoms with Crippen molar-refractivity contribution in [1.82, 2.24) is 10.8 Å². The molecule has 2 rings (SSSR count). The summed E-state index contributed by atoms with van der Waals surface area (Å²) >= 11 is 0. The summed E-state index contributed by atoms with van der Waals surface area (Å²) in [5.41, 5.74) is 2.83. The van der Waals surface area contributed by atoms with Crippen molar-refractivity contribution < 1.29 is 19.5 Å². The topological polar surface area (TPSA) is 87.7 Å². The maximum Gasteiger partial charge on any atom is 0.320 e. The molecular weight excluding hydrogens is 236 g/mol. The third-order valence-electron chi connectivity index (χ3n) is 2.74. The molecule has 0 aliphatic carbocycles. The quantitative estimate of drug-likeness (QED) is 0.663. The number of carboxylic acids is 1. The maximum absolute atomic E-state index is 11.6. The molecule has 0 aromatic heterocycles. The molecule has 96 valence electrons. The molecule has 1 aromatic carbocycles. The Labute approximate surface area is 104 Å². The van der Waals surface area contributed by atoms with Crippen molar-refractivity contribution in [3.8, 4) is 0 Å². The molecule has 0 unspecified atom stereocenters. The van der Waals surface area contributed by atoms with E-state index in [-0.39, 0.29) is 12.0 Å². The number of hydroxylamine groups is 1. The van der Waals surface area contributed by atoms with Crippen molar-refractivity contribution in [2.24, 2.45) is 0 Å². The Morgan fingerprint density at radius 1 is 1.33 bits per heavy atom. The SMILES string of the molecule is O=C(NO[C@@H]1CN[C@@H](C(=O)O)C1)c1ccccc1. The first-order valence-electron chi connectivity index (χ1n) is 5.64. The summed E-state index contributed by atoms with van der Waals surface area (Å²) in [5.74, 6) is -1.25. The van der Waals surface area contributed by atoms with Crippen LogP contribution in [0, 0.1) is 0 Å². The molecule has 1 aliphatic heterocycles. The van der Waals surface area contributed by atoms with E-state index in [1.54, 1.807) is 24.3 Å². The predicted octanol–water partition coefficient (Wildman–Crippen LogP) is 0.163. The van der Waals surface area contributed by atoms with Gasteiger partial charge in [-0.2, -0.15) is 0 Å². The lowest BCUT2D eigenvalue weighted by atomic mass is 10.2. The van der Waals surface area contributed by atoms with E-state index >= 15 is 0 Å². The molecule has 1 aliphatic rings. The van der Waals surface area contributed by atoms with Crippen LogP contribution in [0.5, 0.6) is 0 Å². The molecule has 0 radical (unpaired) electrons. The highest BCUT2D eigenvalue weighted by Crippen LogP contribution is 2.09. The summed E-state index contributed by atoms with van der Waals surface area (Å²) in [4.78, 5) is 27.5. The van der Waals surface area contributed by atoms with Crippen LogP contribution in [-0.2, 0) is 9.63 Å². The zero-order chi connectivity index (χ0) is 13.0. The Bertz CT molecular complexity index is 435. The van der Waals surface area contributed by atoms with Gasteiger partial charge in [-0.25, -0.2) is 5.48 Å². The van der Waals surface area contributed by atoms with E-state index in [1.807, 2.05) is 6.07 Å². The number of hydrogen-bond acceptors (Lipinski definition) is 4. The minimum absolute atomic E-state index is 0.321. The van der Waals surface area contributed by atoms with Crippen LogP contribution in [-0.4, -0.2) is 35.7 Å². The third kappa shape index (κ3) is 3.06. The van der Waals surface area contributed by atoms with Crippen LogP contribution < -0.4 is 10.8 Å². The molecular formula is C12H14N2O4. The van der Waals surface area contributed by atoms with E-state index in [1.165, 1.54) is 0 Å². The summed E-state index contributed by atoms with van der Waals surface area (Å²) in [6, 6.07) is 8.07. The number of benzene rings is 1. The van der Waals surface area contributed by atoms with E-state index < -0.39 is 12.0 Å². The van der Waals surface area contributed by atoms with Crippen LogP contribution >= 0.6 is 0 Å². The van der Waals surface area contributed by atoms with Crippen LogP contribution in [0.4, 0.5) is 0 Å². The molecule has 0 saturated carbocycles. The van der Waals surface area contributed by atoms with Gasteiger partial charge < -0.3 is 10.4 Å². The summed E-state index contributed by atoms with van der Waals surface area (Å²) in [7, 11) is 0. The highest BCUT2D eigenvalue weighted by Gasteiger charge is 2.30. The first-order chi connectivity index (χ1) is 8.66. The van der Waals surface area contributed by atoms with E-state index in [9.17, 15) is 9.59 Å². The number of carbonyl (C=O) groups excluding carboxylic acids is 1. The first-order valence-corrected chi connectivity index (χ1v) is 5.64. The van der Waals surface area contributed by atoms with Gasteiger partial charge in [0.25, 0.3) is 5.91 Å². The average molecular weight is 250 g/mol. The number of nitrogens with one attached hydrogen (secondary N) is 2. The number of carbonyl (C=O) groups is 2. The van der Waals surface area contributed by atoms with Gasteiger partial charge in [-0.1, -0.05) is 18.2 Å². The van der Waals surface area contributed by atoms with Crippen molar-refractivity contribution in [3.05, 3.63) is 35.9 Å². The Hall–Kier alpha value is -1.92. The van der Waals surface area contributed by atoms with Gasteiger partial charge in [-0.3, -0.25) is 14.4 Å². The summed E-state index contributed by atoms with van der Waals surface area (Å²) in [6.45, 7) is 0.409. The van der Waals surface area contributed by atoms with Gasteiger partial charge >= 0.3 is 5.97 Å². The largest absolute Gasteiger partial charge is 0.480 e. The van der Waals surface area contributed by atoms with Gasteiger partial charge in [0.1, 0.15) is 6.04 Å². The van der Waals surface area contributed by atoms with Crippen LogP contribution in [0.3, 0.4) is 0 Å². The summed E-state index contributed by atoms with van der Waals surface area (Å²) in [6.07, 6.45) is 0.0171. The summed E-state index contributed by atoms with van der Waals surface area (Å²) < 4.78 is 0. The minimum Gasteiger partial charge on any atom is -0.480 e. The normalized spacial score (nSPS) is 22.7. The van der Waals surface area contributed by atoms with Crippen LogP contribution in [0.25, 0.3) is 0 Å². The fourth-order valence-electron chi connectivity index (χ4n) is 1.77. The highest BCUT2D eigenvalue weighted by molar-refractivity contribution is 5.93. The molecule has 6 heteroatoms. The Balaban J connectivity index is 1.79. The van der Waals surface area contributed by atoms with Gasteiger partial charge in [-0.05, 0) is 12.1 Å². The lowest BCUT2D eigenvalue weighted by Gasteiger charge is -2.10. The maximum atomic E-state index is 11.6. The second kappa shape index (κ2) is 5.61. The Kier molecular flexibility index (Phi) is 3.91. The van der Waals surface area contributed by atoms with Gasteiger partial charge in [0.05, 0.1) is 6.10 Å². The number of hydrogen-bond donors (Lipinski definition) is 3. The van der Waals surface area contributed by atoms with E-state index in [4.69, 9.17) is 9.94 Å². The minimum atomic E-state index is -0.907. The molecule has 6 nitrogen and oxygen atoms in total. The lowest BCUT2D eigenvalue weighted by Crippen LogP contribution is -2.30. The van der Waals surface area contributed by atoms with E-state index in [0.717, 1.165) is 0 Å². The van der Waals surface area contributed by atoms with Crippen molar-refractivity contribution in [2.75, 3.05) is 6.54 Å². The fraction of sp³-hybridized carbons (Fsp3) is 0.333. The Morgan fingerprint density at radius 3 is 2.67 bits per heavy atom. The van der Waals surface area contributed by atoms with Gasteiger partial charge in [0, 0.05) is 18.5 Å². The number of rotatable bonds is 4. The zero-order valence-corrected chi connectivity index (χ0v) is 9.63. The van der Waals surface area contributed by atoms with Gasteiger partial charge in [-0.15, -0.1) is 0 Å². The molecule has 1 fully saturated rings. The van der Waals surface area contributed by atoms with E-state index in [2.05, 4.69) is 10.8 Å². The zero-order valence-electron chi connectivity index (χ0n) is 9.63. The van der Waals surface area contributed by atoms with Gasteiger partial charge in [0.2, 0.25) is 0 Å². The second-order valence-corrected chi connectivity index (χ2v) is 4.07. The van der Waals surface area contributed by atoms with Crippen LogP contribution in [0.15, 0.2) is 30.3 Å². The van der Waals surface area contributed by atoms with Crippen molar-refractivity contribution >= 4 is 11.9 Å². The fourth-order valence-corrected chi connectivity index (χ4v) is 1.77. The second-order valence-electron chi connectivity index (χ2n) is 4.07. The number of amides is 1. The number of aliphatic carboxylic acids is 1. The van der Waals surface area contributed by atoms with Gasteiger partial charge in [0.15, 0.2) is 0 Å². The lowest BCUT2D eigenvalue weighted by molar-refractivity contribution is -0.139. The van der Waals surface area contributed by atoms with Crippen LogP contribution in [0.1, 0.15) is 16.8 Å². The molecule has 3 N–H and O–H groups in total.